The largest absolute Gasteiger partial charge is 0.297 e. The van der Waals surface area contributed by atoms with Gasteiger partial charge in [0.05, 0.1) is 0 Å². The average Bonchev–Trinajstić information content (AvgIpc) is 2.66. The zero-order valence-corrected chi connectivity index (χ0v) is 16.4. The zero-order chi connectivity index (χ0) is 18.7. The summed E-state index contributed by atoms with van der Waals surface area (Å²) in [5, 5.41) is 0. The minimum absolute atomic E-state index is 0.903. The molecule has 0 fully saturated rings. The molecular formula is C25H33N. The van der Waals surface area contributed by atoms with Gasteiger partial charge < -0.3 is 0 Å². The molecule has 0 N–H and O–H groups in total. The molecular weight excluding hydrogens is 314 g/mol. The van der Waals surface area contributed by atoms with Crippen molar-refractivity contribution in [3.05, 3.63) is 96.1 Å². The number of rotatable bonds is 10. The minimum Gasteiger partial charge on any atom is -0.297 e. The molecule has 0 amide bonds. The van der Waals surface area contributed by atoms with Crippen LogP contribution >= 0.6 is 0 Å². The Kier molecular flexibility index (Phi) is 13.4. The van der Waals surface area contributed by atoms with Crippen molar-refractivity contribution in [1.29, 1.82) is 0 Å². The molecule has 0 aromatic heterocycles. The zero-order valence-electron chi connectivity index (χ0n) is 16.4. The quantitative estimate of drug-likeness (QED) is 0.244. The van der Waals surface area contributed by atoms with Crippen molar-refractivity contribution in [2.75, 3.05) is 6.54 Å². The lowest BCUT2D eigenvalue weighted by Gasteiger charge is -1.99. The second kappa shape index (κ2) is 16.1. The van der Waals surface area contributed by atoms with Crippen LogP contribution in [-0.2, 0) is 6.42 Å². The Morgan fingerprint density at radius 2 is 1.54 bits per heavy atom. The van der Waals surface area contributed by atoms with Crippen LogP contribution in [0.15, 0.2) is 95.5 Å². The first kappa shape index (κ1) is 21.6. The van der Waals surface area contributed by atoms with Gasteiger partial charge in [0.15, 0.2) is 0 Å². The van der Waals surface area contributed by atoms with E-state index in [0.29, 0.717) is 0 Å². The van der Waals surface area contributed by atoms with E-state index in [4.69, 9.17) is 0 Å². The molecule has 26 heavy (non-hydrogen) atoms. The molecule has 0 heterocycles. The number of unbranched alkanes of at least 4 members (excludes halogenated alkanes) is 2. The molecule has 0 saturated carbocycles. The molecule has 1 nitrogen and oxygen atoms in total. The fraction of sp³-hybridized carbons (Fsp3) is 0.320. The summed E-state index contributed by atoms with van der Waals surface area (Å²) in [6.45, 7) is 5.01. The average molecular weight is 348 g/mol. The van der Waals surface area contributed by atoms with Gasteiger partial charge >= 0.3 is 0 Å². The first-order chi connectivity index (χ1) is 12.9. The van der Waals surface area contributed by atoms with Gasteiger partial charge in [-0.25, -0.2) is 0 Å². The Bertz CT molecular complexity index is 624. The van der Waals surface area contributed by atoms with Gasteiger partial charge in [-0.15, -0.1) is 0 Å². The molecule has 1 rings (SSSR count). The maximum absolute atomic E-state index is 4.56. The predicted molar refractivity (Wildman–Crippen MR) is 117 cm³/mol. The van der Waals surface area contributed by atoms with Gasteiger partial charge in [-0.2, -0.15) is 0 Å². The normalized spacial score (nSPS) is 12.2. The number of aryl methyl sites for hydroxylation is 1. The lowest BCUT2D eigenvalue weighted by molar-refractivity contribution is 0.688. The molecule has 0 atom stereocenters. The van der Waals surface area contributed by atoms with Gasteiger partial charge in [-0.1, -0.05) is 91.4 Å². The molecule has 1 aromatic carbocycles. The van der Waals surface area contributed by atoms with Crippen LogP contribution in [-0.4, -0.2) is 12.8 Å². The van der Waals surface area contributed by atoms with Crippen molar-refractivity contribution in [1.82, 2.24) is 0 Å². The van der Waals surface area contributed by atoms with E-state index in [-0.39, 0.29) is 0 Å². The van der Waals surface area contributed by atoms with E-state index < -0.39 is 0 Å². The standard InChI is InChI=1S/C25H33N/c1-3-5-17-24(16-4-2)21-23-26-22-15-11-14-20-25-18-12-9-7-6-8-10-13-19-25/h3-10,12-13,16-19,23H,11,14-15,20-22H2,1-2H3/b5-3-,7-6?,8-6?,9-7?,10-8?,12-9?,13-10?,16-4-,18-12?,19-13?,24-17+,25-18?,25-19?,26-23-. The Morgan fingerprint density at radius 3 is 2.19 bits per heavy atom. The third-order valence-electron chi connectivity index (χ3n) is 3.88. The number of hydrogen-bond donors (Lipinski definition) is 0. The van der Waals surface area contributed by atoms with Gasteiger partial charge in [0.2, 0.25) is 0 Å². The summed E-state index contributed by atoms with van der Waals surface area (Å²) in [4.78, 5) is 4.56. The summed E-state index contributed by atoms with van der Waals surface area (Å²) >= 11 is 0. The molecule has 0 radical (unpaired) electrons. The van der Waals surface area contributed by atoms with Crippen LogP contribution in [0.3, 0.4) is 0 Å². The highest BCUT2D eigenvalue weighted by Crippen LogP contribution is 2.06. The van der Waals surface area contributed by atoms with Crippen molar-refractivity contribution >= 4 is 6.21 Å². The lowest BCUT2D eigenvalue weighted by Crippen LogP contribution is -1.88. The Labute approximate surface area is 160 Å². The summed E-state index contributed by atoms with van der Waals surface area (Å²) in [5.41, 5.74) is 2.68. The Hall–Kier alpha value is -2.41. The number of aliphatic imine (C=N–C) groups is 1. The van der Waals surface area contributed by atoms with Gasteiger partial charge in [0, 0.05) is 19.2 Å². The molecule has 0 aliphatic heterocycles. The van der Waals surface area contributed by atoms with Crippen molar-refractivity contribution in [2.24, 2.45) is 4.99 Å². The highest BCUT2D eigenvalue weighted by Gasteiger charge is 1.92. The summed E-state index contributed by atoms with van der Waals surface area (Å²) in [6, 6.07) is 18.9. The van der Waals surface area contributed by atoms with Crippen molar-refractivity contribution in [3.63, 3.8) is 0 Å². The maximum Gasteiger partial charge on any atom is 0.0385 e. The second-order valence-electron chi connectivity index (χ2n) is 6.13. The van der Waals surface area contributed by atoms with Gasteiger partial charge in [-0.05, 0) is 44.2 Å². The fourth-order valence-electron chi connectivity index (χ4n) is 2.50. The molecule has 138 valence electrons. The van der Waals surface area contributed by atoms with Crippen molar-refractivity contribution in [2.45, 2.75) is 46.0 Å². The van der Waals surface area contributed by atoms with Gasteiger partial charge in [-0.3, -0.25) is 4.99 Å². The van der Waals surface area contributed by atoms with Crippen LogP contribution in [0.1, 0.15) is 45.1 Å². The molecule has 0 unspecified atom stereocenters. The summed E-state index contributed by atoms with van der Waals surface area (Å²) in [6.07, 6.45) is 18.2. The molecule has 1 aromatic rings. The maximum atomic E-state index is 4.56. The van der Waals surface area contributed by atoms with E-state index in [0.717, 1.165) is 25.8 Å². The first-order valence-corrected chi connectivity index (χ1v) is 9.67. The number of nitrogens with zero attached hydrogens (tertiary/aromatic N) is 1. The molecule has 0 spiro atoms. The van der Waals surface area contributed by atoms with Crippen LogP contribution in [0.5, 0.6) is 0 Å². The van der Waals surface area contributed by atoms with Crippen LogP contribution in [0.2, 0.25) is 0 Å². The minimum atomic E-state index is 0.903. The van der Waals surface area contributed by atoms with Gasteiger partial charge in [0.25, 0.3) is 0 Å². The van der Waals surface area contributed by atoms with E-state index in [1.165, 1.54) is 24.0 Å². The fourth-order valence-corrected chi connectivity index (χ4v) is 2.50. The van der Waals surface area contributed by atoms with E-state index in [1.54, 1.807) is 0 Å². The number of allylic oxidation sites excluding steroid dienone is 6. The summed E-state index contributed by atoms with van der Waals surface area (Å²) < 4.78 is 0. The predicted octanol–water partition coefficient (Wildman–Crippen LogP) is 7.06. The molecule has 0 aliphatic carbocycles. The van der Waals surface area contributed by atoms with Crippen LogP contribution in [0.4, 0.5) is 0 Å². The Balaban J connectivity index is 2.29. The topological polar surface area (TPSA) is 12.4 Å². The smallest absolute Gasteiger partial charge is 0.0385 e. The van der Waals surface area contributed by atoms with E-state index in [1.807, 2.05) is 32.2 Å². The highest BCUT2D eigenvalue weighted by molar-refractivity contribution is 5.62. The molecule has 1 heteroatoms. The molecule has 0 bridgehead atoms. The van der Waals surface area contributed by atoms with Crippen LogP contribution < -0.4 is 0 Å². The monoisotopic (exact) mass is 347 g/mol. The van der Waals surface area contributed by atoms with Crippen LogP contribution in [0.25, 0.3) is 0 Å². The van der Waals surface area contributed by atoms with Crippen molar-refractivity contribution in [3.8, 4) is 0 Å². The van der Waals surface area contributed by atoms with Gasteiger partial charge in [0.1, 0.15) is 0 Å². The third kappa shape index (κ3) is 12.0. The third-order valence-corrected chi connectivity index (χ3v) is 3.88. The van der Waals surface area contributed by atoms with E-state index in [2.05, 4.69) is 77.8 Å². The van der Waals surface area contributed by atoms with Crippen LogP contribution in [0, 0.1) is 0 Å². The summed E-state index contributed by atoms with van der Waals surface area (Å²) in [7, 11) is 0. The van der Waals surface area contributed by atoms with E-state index in [9.17, 15) is 0 Å². The van der Waals surface area contributed by atoms with Crippen molar-refractivity contribution < 1.29 is 0 Å². The molecule has 0 saturated heterocycles. The summed E-state index contributed by atoms with van der Waals surface area (Å²) in [5.74, 6) is 0. The van der Waals surface area contributed by atoms with E-state index >= 15 is 0 Å². The number of hydrogen-bond acceptors (Lipinski definition) is 1. The SMILES string of the molecule is C\C=C/C=C(\C=C/C)C/C=N\CCCCCc1ccccccccc1. The molecule has 0 aliphatic rings. The lowest BCUT2D eigenvalue weighted by atomic mass is 10.1. The second-order valence-corrected chi connectivity index (χ2v) is 6.13. The Morgan fingerprint density at radius 1 is 0.846 bits per heavy atom. The highest BCUT2D eigenvalue weighted by atomic mass is 14.7. The first-order valence-electron chi connectivity index (χ1n) is 9.67.